The average Bonchev–Trinajstić information content (AvgIpc) is 2.75. The Kier molecular flexibility index (Phi) is 3.04. The van der Waals surface area contributed by atoms with E-state index in [4.69, 9.17) is 5.73 Å². The molecule has 1 saturated carbocycles. The lowest BCUT2D eigenvalue weighted by molar-refractivity contribution is 0.936. The number of aliphatic imine (C=N–C) groups is 1. The summed E-state index contributed by atoms with van der Waals surface area (Å²) in [7, 11) is 0. The first kappa shape index (κ1) is 10.2. The van der Waals surface area contributed by atoms with Crippen LogP contribution in [0.3, 0.4) is 0 Å². The second-order valence-electron chi connectivity index (χ2n) is 3.59. The molecule has 1 aliphatic carbocycles. The minimum absolute atomic E-state index is 0.159. The smallest absolute Gasteiger partial charge is 0.0740 e. The topological polar surface area (TPSA) is 38.4 Å². The van der Waals surface area contributed by atoms with Gasteiger partial charge in [0.2, 0.25) is 0 Å². The maximum absolute atomic E-state index is 5.87. The van der Waals surface area contributed by atoms with Crippen molar-refractivity contribution < 1.29 is 0 Å². The Morgan fingerprint density at radius 2 is 2.23 bits per heavy atom. The Bertz CT molecular complexity index is 253. The quantitative estimate of drug-likeness (QED) is 0.518. The van der Waals surface area contributed by atoms with E-state index in [0.717, 1.165) is 12.0 Å². The molecule has 1 rings (SSSR count). The van der Waals surface area contributed by atoms with Gasteiger partial charge in [0.1, 0.15) is 0 Å². The van der Waals surface area contributed by atoms with Crippen molar-refractivity contribution in [3.8, 4) is 0 Å². The minimum Gasteiger partial charge on any atom is -0.325 e. The van der Waals surface area contributed by atoms with Gasteiger partial charge in [-0.15, -0.1) is 0 Å². The van der Waals surface area contributed by atoms with Crippen LogP contribution in [0.25, 0.3) is 0 Å². The van der Waals surface area contributed by atoms with Crippen LogP contribution in [0.4, 0.5) is 0 Å². The zero-order valence-electron chi connectivity index (χ0n) is 8.46. The first-order valence-corrected chi connectivity index (χ1v) is 4.71. The normalized spacial score (nSPS) is 32.8. The second kappa shape index (κ2) is 3.88. The zero-order valence-corrected chi connectivity index (χ0v) is 8.46. The lowest BCUT2D eigenvalue weighted by Crippen LogP contribution is -2.05. The molecule has 1 fully saturated rings. The summed E-state index contributed by atoms with van der Waals surface area (Å²) >= 11 is 0. The molecule has 0 aromatic rings. The van der Waals surface area contributed by atoms with Crippen molar-refractivity contribution in [1.82, 2.24) is 0 Å². The summed E-state index contributed by atoms with van der Waals surface area (Å²) < 4.78 is 0. The largest absolute Gasteiger partial charge is 0.325 e. The van der Waals surface area contributed by atoms with Crippen LogP contribution in [0, 0.1) is 5.92 Å². The van der Waals surface area contributed by atoms with Crippen molar-refractivity contribution in [3.63, 3.8) is 0 Å². The highest BCUT2D eigenvalue weighted by Gasteiger charge is 2.48. The molecule has 0 radical (unpaired) electrons. The van der Waals surface area contributed by atoms with Crippen molar-refractivity contribution >= 4 is 5.71 Å². The first-order valence-electron chi connectivity index (χ1n) is 4.71. The molecule has 3 atom stereocenters. The monoisotopic (exact) mass is 178 g/mol. The van der Waals surface area contributed by atoms with E-state index in [-0.39, 0.29) is 12.1 Å². The van der Waals surface area contributed by atoms with Gasteiger partial charge in [-0.05, 0) is 18.9 Å². The van der Waals surface area contributed by atoms with E-state index in [0.29, 0.717) is 5.92 Å². The molecule has 2 N–H and O–H groups in total. The third kappa shape index (κ3) is 2.07. The van der Waals surface area contributed by atoms with Gasteiger partial charge in [-0.3, -0.25) is 4.99 Å². The van der Waals surface area contributed by atoms with Crippen LogP contribution >= 0.6 is 0 Å². The molecule has 0 bridgehead atoms. The Hall–Kier alpha value is -0.890. The van der Waals surface area contributed by atoms with Crippen molar-refractivity contribution in [2.24, 2.45) is 16.6 Å². The molecule has 13 heavy (non-hydrogen) atoms. The van der Waals surface area contributed by atoms with Gasteiger partial charge < -0.3 is 5.73 Å². The van der Waals surface area contributed by atoms with Crippen LogP contribution in [0.1, 0.15) is 20.3 Å². The maximum Gasteiger partial charge on any atom is 0.0740 e. The van der Waals surface area contributed by atoms with E-state index in [9.17, 15) is 0 Å². The van der Waals surface area contributed by atoms with Crippen molar-refractivity contribution in [2.75, 3.05) is 0 Å². The first-order chi connectivity index (χ1) is 6.11. The molecule has 0 aliphatic heterocycles. The number of allylic oxidation sites excluding steroid dienone is 1. The molecule has 0 amide bonds. The number of hydrogen-bond donors (Lipinski definition) is 1. The predicted molar refractivity (Wildman–Crippen MR) is 58.0 cm³/mol. The second-order valence-corrected chi connectivity index (χ2v) is 3.59. The fourth-order valence-electron chi connectivity index (χ4n) is 1.43. The Morgan fingerprint density at radius 3 is 2.69 bits per heavy atom. The average molecular weight is 178 g/mol. The van der Waals surface area contributed by atoms with E-state index >= 15 is 0 Å². The lowest BCUT2D eigenvalue weighted by Gasteiger charge is -1.95. The highest BCUT2D eigenvalue weighted by Crippen LogP contribution is 2.38. The molecular formula is C11H18N2. The third-order valence-corrected chi connectivity index (χ3v) is 2.61. The fraction of sp³-hybridized carbons (Fsp3) is 0.545. The van der Waals surface area contributed by atoms with E-state index in [2.05, 4.69) is 25.1 Å². The standard InChI is InChI=1S/C11H18N2/c1-5-7(3)9-10(12)11(9)13-8(4)6-2/h5,9-11H,1,3,6,12H2,2,4H3. The van der Waals surface area contributed by atoms with Gasteiger partial charge in [0.25, 0.3) is 0 Å². The number of nitrogens with zero attached hydrogens (tertiary/aromatic N) is 1. The van der Waals surface area contributed by atoms with Gasteiger partial charge >= 0.3 is 0 Å². The zero-order chi connectivity index (χ0) is 10.0. The summed E-state index contributed by atoms with van der Waals surface area (Å²) in [5.41, 5.74) is 8.06. The molecule has 3 unspecified atom stereocenters. The van der Waals surface area contributed by atoms with Crippen LogP contribution in [0.5, 0.6) is 0 Å². The van der Waals surface area contributed by atoms with Crippen LogP contribution < -0.4 is 5.73 Å². The molecule has 0 aromatic heterocycles. The van der Waals surface area contributed by atoms with Gasteiger partial charge in [0.15, 0.2) is 0 Å². The SMILES string of the molecule is C=CC(=C)C1C(N)C1N=C(C)CC. The molecule has 0 saturated heterocycles. The molecule has 2 heteroatoms. The molecular weight excluding hydrogens is 160 g/mol. The highest BCUT2D eigenvalue weighted by molar-refractivity contribution is 5.82. The summed E-state index contributed by atoms with van der Waals surface area (Å²) in [5, 5.41) is 0. The van der Waals surface area contributed by atoms with Crippen LogP contribution in [-0.4, -0.2) is 17.8 Å². The van der Waals surface area contributed by atoms with E-state index in [1.807, 2.05) is 6.92 Å². The third-order valence-electron chi connectivity index (χ3n) is 2.61. The Morgan fingerprint density at radius 1 is 1.62 bits per heavy atom. The summed E-state index contributed by atoms with van der Waals surface area (Å²) in [6, 6.07) is 0.414. The van der Waals surface area contributed by atoms with Gasteiger partial charge in [0.05, 0.1) is 6.04 Å². The number of rotatable bonds is 4. The number of hydrogen-bond acceptors (Lipinski definition) is 2. The van der Waals surface area contributed by atoms with Crippen molar-refractivity contribution in [3.05, 3.63) is 24.8 Å². The van der Waals surface area contributed by atoms with E-state index in [1.165, 1.54) is 5.71 Å². The summed E-state index contributed by atoms with van der Waals surface area (Å²) in [4.78, 5) is 4.52. The maximum atomic E-state index is 5.87. The number of nitrogens with two attached hydrogens (primary N) is 1. The predicted octanol–water partition coefficient (Wildman–Crippen LogP) is 1.93. The van der Waals surface area contributed by atoms with Crippen LogP contribution in [0.15, 0.2) is 29.8 Å². The molecule has 72 valence electrons. The molecule has 0 aromatic carbocycles. The molecule has 1 aliphatic rings. The molecule has 0 spiro atoms. The minimum atomic E-state index is 0.159. The molecule has 2 nitrogen and oxygen atoms in total. The lowest BCUT2D eigenvalue weighted by atomic mass is 10.2. The fourth-order valence-corrected chi connectivity index (χ4v) is 1.43. The van der Waals surface area contributed by atoms with Gasteiger partial charge in [-0.2, -0.15) is 0 Å². The summed E-state index contributed by atoms with van der Waals surface area (Å²) in [5.74, 6) is 0.332. The Balaban J connectivity index is 2.58. The van der Waals surface area contributed by atoms with Gasteiger partial charge in [-0.1, -0.05) is 26.2 Å². The van der Waals surface area contributed by atoms with Crippen LogP contribution in [-0.2, 0) is 0 Å². The summed E-state index contributed by atoms with van der Waals surface area (Å²) in [6.07, 6.45) is 2.78. The highest BCUT2D eigenvalue weighted by atomic mass is 15.0. The van der Waals surface area contributed by atoms with Crippen molar-refractivity contribution in [1.29, 1.82) is 0 Å². The van der Waals surface area contributed by atoms with Gasteiger partial charge in [-0.25, -0.2) is 0 Å². The molecule has 0 heterocycles. The summed E-state index contributed by atoms with van der Waals surface area (Å²) in [6.45, 7) is 11.7. The van der Waals surface area contributed by atoms with Gasteiger partial charge in [0, 0.05) is 17.7 Å². The Labute approximate surface area is 80.2 Å². The van der Waals surface area contributed by atoms with Crippen molar-refractivity contribution in [2.45, 2.75) is 32.4 Å². The van der Waals surface area contributed by atoms with E-state index < -0.39 is 0 Å². The van der Waals surface area contributed by atoms with E-state index in [1.54, 1.807) is 6.08 Å². The van der Waals surface area contributed by atoms with Crippen LogP contribution in [0.2, 0.25) is 0 Å².